The minimum Gasteiger partial charge on any atom is -0.292 e. The van der Waals surface area contributed by atoms with Gasteiger partial charge in [-0.1, -0.05) is 32.0 Å². The van der Waals surface area contributed by atoms with E-state index in [0.717, 1.165) is 18.4 Å². The predicted octanol–water partition coefficient (Wildman–Crippen LogP) is 4.19. The second-order valence-corrected chi connectivity index (χ2v) is 5.26. The number of carbonyl (C=O) groups excluding carboxylic acids is 1. The summed E-state index contributed by atoms with van der Waals surface area (Å²) < 4.78 is 13.4. The molecular weight excluding hydrogens is 279 g/mol. The molecule has 0 fully saturated rings. The van der Waals surface area contributed by atoms with Gasteiger partial charge in [-0.15, -0.1) is 0 Å². The van der Waals surface area contributed by atoms with Gasteiger partial charge in [-0.3, -0.25) is 9.69 Å². The Morgan fingerprint density at radius 1 is 1.18 bits per heavy atom. The monoisotopic (exact) mass is 300 g/mol. The second-order valence-electron chi connectivity index (χ2n) is 5.26. The van der Waals surface area contributed by atoms with Crippen molar-refractivity contribution in [2.75, 3.05) is 4.90 Å². The number of aromatic nitrogens is 1. The molecule has 0 saturated heterocycles. The van der Waals surface area contributed by atoms with Crippen molar-refractivity contribution >= 4 is 11.7 Å². The molecule has 1 amide bonds. The molecule has 0 N–H and O–H groups in total. The molecule has 2 aromatic rings. The van der Waals surface area contributed by atoms with E-state index in [1.807, 2.05) is 32.0 Å². The van der Waals surface area contributed by atoms with Gasteiger partial charge in [-0.05, 0) is 42.7 Å². The molecule has 3 nitrogen and oxygen atoms in total. The Morgan fingerprint density at radius 3 is 2.55 bits per heavy atom. The maximum atomic E-state index is 13.4. The number of pyridine rings is 1. The SMILES string of the molecule is CCC(CC)C(=O)N(Cc1cccc(F)c1)c1ccccn1. The summed E-state index contributed by atoms with van der Waals surface area (Å²) in [4.78, 5) is 18.7. The molecule has 0 aliphatic carbocycles. The molecule has 0 spiro atoms. The first-order valence-corrected chi connectivity index (χ1v) is 7.62. The number of hydrogen-bond donors (Lipinski definition) is 0. The highest BCUT2D eigenvalue weighted by atomic mass is 19.1. The number of nitrogens with zero attached hydrogens (tertiary/aromatic N) is 2. The third-order valence-electron chi connectivity index (χ3n) is 3.76. The first-order chi connectivity index (χ1) is 10.7. The maximum Gasteiger partial charge on any atom is 0.231 e. The molecular formula is C18H21FN2O. The lowest BCUT2D eigenvalue weighted by molar-refractivity contribution is -0.122. The summed E-state index contributed by atoms with van der Waals surface area (Å²) in [6.45, 7) is 4.33. The van der Waals surface area contributed by atoms with Gasteiger partial charge in [0.15, 0.2) is 0 Å². The van der Waals surface area contributed by atoms with E-state index in [0.29, 0.717) is 12.4 Å². The molecule has 4 heteroatoms. The molecule has 0 unspecified atom stereocenters. The van der Waals surface area contributed by atoms with Gasteiger partial charge >= 0.3 is 0 Å². The van der Waals surface area contributed by atoms with Crippen LogP contribution in [0, 0.1) is 11.7 Å². The van der Waals surface area contributed by atoms with Crippen molar-refractivity contribution in [3.05, 3.63) is 60.0 Å². The zero-order valence-corrected chi connectivity index (χ0v) is 13.0. The average molecular weight is 300 g/mol. The largest absolute Gasteiger partial charge is 0.292 e. The van der Waals surface area contributed by atoms with E-state index in [1.165, 1.54) is 12.1 Å². The van der Waals surface area contributed by atoms with Crippen LogP contribution in [0.4, 0.5) is 10.2 Å². The number of benzene rings is 1. The summed E-state index contributed by atoms with van der Waals surface area (Å²) in [5, 5.41) is 0. The third kappa shape index (κ3) is 3.91. The Balaban J connectivity index is 2.31. The Kier molecular flexibility index (Phi) is 5.64. The van der Waals surface area contributed by atoms with E-state index in [9.17, 15) is 9.18 Å². The Labute approximate surface area is 130 Å². The normalized spacial score (nSPS) is 10.7. The van der Waals surface area contributed by atoms with Gasteiger partial charge in [0.1, 0.15) is 11.6 Å². The number of amides is 1. The van der Waals surface area contributed by atoms with Crippen LogP contribution in [0.2, 0.25) is 0 Å². The highest BCUT2D eigenvalue weighted by Crippen LogP contribution is 2.20. The standard InChI is InChI=1S/C18H21FN2O/c1-3-15(4-2)18(22)21(17-10-5-6-11-20-17)13-14-8-7-9-16(19)12-14/h5-12,15H,3-4,13H2,1-2H3. The molecule has 0 atom stereocenters. The van der Waals surface area contributed by atoms with Gasteiger partial charge in [0, 0.05) is 12.1 Å². The van der Waals surface area contributed by atoms with E-state index < -0.39 is 0 Å². The van der Waals surface area contributed by atoms with Crippen molar-refractivity contribution in [2.24, 2.45) is 5.92 Å². The number of halogens is 1. The van der Waals surface area contributed by atoms with Crippen LogP contribution in [0.25, 0.3) is 0 Å². The van der Waals surface area contributed by atoms with Crippen LogP contribution in [0.1, 0.15) is 32.3 Å². The van der Waals surface area contributed by atoms with Gasteiger partial charge in [-0.25, -0.2) is 9.37 Å². The van der Waals surface area contributed by atoms with Crippen molar-refractivity contribution in [1.82, 2.24) is 4.98 Å². The van der Waals surface area contributed by atoms with Crippen molar-refractivity contribution < 1.29 is 9.18 Å². The lowest BCUT2D eigenvalue weighted by atomic mass is 10.0. The highest BCUT2D eigenvalue weighted by molar-refractivity contribution is 5.94. The predicted molar refractivity (Wildman–Crippen MR) is 85.9 cm³/mol. The Morgan fingerprint density at radius 2 is 1.95 bits per heavy atom. The van der Waals surface area contributed by atoms with Crippen LogP contribution in [-0.2, 0) is 11.3 Å². The second kappa shape index (κ2) is 7.69. The fourth-order valence-electron chi connectivity index (χ4n) is 2.46. The van der Waals surface area contributed by atoms with Crippen LogP contribution >= 0.6 is 0 Å². The van der Waals surface area contributed by atoms with E-state index in [2.05, 4.69) is 4.98 Å². The number of anilines is 1. The molecule has 116 valence electrons. The average Bonchev–Trinajstić information content (AvgIpc) is 2.54. The first kappa shape index (κ1) is 16.1. The van der Waals surface area contributed by atoms with Crippen LogP contribution < -0.4 is 4.90 Å². The molecule has 1 heterocycles. The topological polar surface area (TPSA) is 33.2 Å². The van der Waals surface area contributed by atoms with Gasteiger partial charge in [0.05, 0.1) is 6.54 Å². The lowest BCUT2D eigenvalue weighted by Gasteiger charge is -2.25. The minimum absolute atomic E-state index is 0.0351. The van der Waals surface area contributed by atoms with Crippen molar-refractivity contribution in [3.63, 3.8) is 0 Å². The van der Waals surface area contributed by atoms with Crippen molar-refractivity contribution in [2.45, 2.75) is 33.2 Å². The number of carbonyl (C=O) groups is 1. The number of rotatable bonds is 6. The zero-order chi connectivity index (χ0) is 15.9. The molecule has 0 aliphatic heterocycles. The van der Waals surface area contributed by atoms with Gasteiger partial charge < -0.3 is 0 Å². The van der Waals surface area contributed by atoms with E-state index in [4.69, 9.17) is 0 Å². The minimum atomic E-state index is -0.298. The van der Waals surface area contributed by atoms with E-state index in [-0.39, 0.29) is 17.6 Å². The maximum absolute atomic E-state index is 13.4. The molecule has 1 aromatic heterocycles. The lowest BCUT2D eigenvalue weighted by Crippen LogP contribution is -2.36. The third-order valence-corrected chi connectivity index (χ3v) is 3.76. The Hall–Kier alpha value is -2.23. The molecule has 0 radical (unpaired) electrons. The van der Waals surface area contributed by atoms with Crippen molar-refractivity contribution in [3.8, 4) is 0 Å². The first-order valence-electron chi connectivity index (χ1n) is 7.62. The summed E-state index contributed by atoms with van der Waals surface area (Å²) >= 11 is 0. The molecule has 1 aromatic carbocycles. The van der Waals surface area contributed by atoms with Gasteiger partial charge in [0.2, 0.25) is 5.91 Å². The summed E-state index contributed by atoms with van der Waals surface area (Å²) in [5.41, 5.74) is 0.755. The summed E-state index contributed by atoms with van der Waals surface area (Å²) in [7, 11) is 0. The smallest absolute Gasteiger partial charge is 0.231 e. The van der Waals surface area contributed by atoms with Crippen LogP contribution in [-0.4, -0.2) is 10.9 Å². The summed E-state index contributed by atoms with van der Waals surface area (Å²) in [6, 6.07) is 11.8. The van der Waals surface area contributed by atoms with Crippen LogP contribution in [0.15, 0.2) is 48.7 Å². The van der Waals surface area contributed by atoms with Crippen LogP contribution in [0.3, 0.4) is 0 Å². The molecule has 0 aliphatic rings. The van der Waals surface area contributed by atoms with Gasteiger partial charge in [0.25, 0.3) is 0 Å². The summed E-state index contributed by atoms with van der Waals surface area (Å²) in [5.74, 6) is 0.292. The molecule has 0 bridgehead atoms. The fraction of sp³-hybridized carbons (Fsp3) is 0.333. The molecule has 22 heavy (non-hydrogen) atoms. The van der Waals surface area contributed by atoms with Gasteiger partial charge in [-0.2, -0.15) is 0 Å². The number of hydrogen-bond acceptors (Lipinski definition) is 2. The highest BCUT2D eigenvalue weighted by Gasteiger charge is 2.23. The summed E-state index contributed by atoms with van der Waals surface area (Å²) in [6.07, 6.45) is 3.22. The Bertz CT molecular complexity index is 611. The molecule has 2 rings (SSSR count). The zero-order valence-electron chi connectivity index (χ0n) is 13.0. The van der Waals surface area contributed by atoms with E-state index >= 15 is 0 Å². The van der Waals surface area contributed by atoms with Crippen LogP contribution in [0.5, 0.6) is 0 Å². The fourth-order valence-corrected chi connectivity index (χ4v) is 2.46. The quantitative estimate of drug-likeness (QED) is 0.801. The van der Waals surface area contributed by atoms with E-state index in [1.54, 1.807) is 23.2 Å². The molecule has 0 saturated carbocycles. The van der Waals surface area contributed by atoms with Crippen molar-refractivity contribution in [1.29, 1.82) is 0 Å².